The van der Waals surface area contributed by atoms with Crippen molar-refractivity contribution >= 4 is 11.7 Å². The molecule has 3 aliphatic heterocycles. The van der Waals surface area contributed by atoms with Crippen LogP contribution in [0, 0.1) is 0 Å². The van der Waals surface area contributed by atoms with Crippen molar-refractivity contribution in [1.29, 1.82) is 0 Å². The third-order valence-corrected chi connectivity index (χ3v) is 3.60. The molecule has 4 rings (SSSR count). The SMILES string of the molecule is O=C1C=CC2=CN=C(c3cccnc3)N3CCC(=C23)N1. The van der Waals surface area contributed by atoms with E-state index in [-0.39, 0.29) is 5.91 Å². The van der Waals surface area contributed by atoms with Crippen LogP contribution in [0.15, 0.2) is 64.8 Å². The Bertz CT molecular complexity index is 713. The topological polar surface area (TPSA) is 57.6 Å². The van der Waals surface area contributed by atoms with Crippen molar-refractivity contribution in [2.45, 2.75) is 6.42 Å². The van der Waals surface area contributed by atoms with Crippen molar-refractivity contribution in [3.05, 3.63) is 65.4 Å². The van der Waals surface area contributed by atoms with E-state index in [1.165, 1.54) is 0 Å². The van der Waals surface area contributed by atoms with Crippen LogP contribution >= 0.6 is 0 Å². The number of carbonyl (C=O) groups excluding carboxylic acids is 1. The third kappa shape index (κ3) is 1.60. The molecule has 3 aliphatic rings. The first-order valence-corrected chi connectivity index (χ1v) is 6.51. The van der Waals surface area contributed by atoms with E-state index >= 15 is 0 Å². The summed E-state index contributed by atoms with van der Waals surface area (Å²) in [5.41, 5.74) is 3.99. The molecule has 1 amide bonds. The third-order valence-electron chi connectivity index (χ3n) is 3.60. The maximum atomic E-state index is 11.6. The molecule has 0 unspecified atom stereocenters. The Morgan fingerprint density at radius 3 is 3.10 bits per heavy atom. The lowest BCUT2D eigenvalue weighted by Crippen LogP contribution is -2.31. The van der Waals surface area contributed by atoms with Crippen LogP contribution in [-0.4, -0.2) is 28.2 Å². The predicted octanol–water partition coefficient (Wildman–Crippen LogP) is 1.33. The number of hydrogen-bond donors (Lipinski definition) is 1. The van der Waals surface area contributed by atoms with Crippen LogP contribution < -0.4 is 5.32 Å². The number of aliphatic imine (C=N–C) groups is 1. The van der Waals surface area contributed by atoms with Crippen molar-refractivity contribution in [3.63, 3.8) is 0 Å². The van der Waals surface area contributed by atoms with Crippen LogP contribution in [0.4, 0.5) is 0 Å². The minimum Gasteiger partial charge on any atom is -0.324 e. The van der Waals surface area contributed by atoms with E-state index in [0.29, 0.717) is 0 Å². The summed E-state index contributed by atoms with van der Waals surface area (Å²) in [5, 5.41) is 2.94. The van der Waals surface area contributed by atoms with E-state index in [2.05, 4.69) is 20.2 Å². The van der Waals surface area contributed by atoms with Crippen LogP contribution in [0.5, 0.6) is 0 Å². The Morgan fingerprint density at radius 2 is 2.25 bits per heavy atom. The van der Waals surface area contributed by atoms with E-state index in [1.54, 1.807) is 18.5 Å². The second-order valence-corrected chi connectivity index (χ2v) is 4.83. The van der Waals surface area contributed by atoms with Crippen molar-refractivity contribution in [2.75, 3.05) is 6.54 Å². The lowest BCUT2D eigenvalue weighted by Gasteiger charge is -2.27. The molecule has 1 N–H and O–H groups in total. The summed E-state index contributed by atoms with van der Waals surface area (Å²) in [6.45, 7) is 0.823. The minimum atomic E-state index is -0.0763. The summed E-state index contributed by atoms with van der Waals surface area (Å²) >= 11 is 0. The Labute approximate surface area is 116 Å². The molecule has 4 heterocycles. The summed E-state index contributed by atoms with van der Waals surface area (Å²) in [6.07, 6.45) is 9.56. The first kappa shape index (κ1) is 11.2. The van der Waals surface area contributed by atoms with Gasteiger partial charge in [0.25, 0.3) is 0 Å². The van der Waals surface area contributed by atoms with Crippen LogP contribution in [0.25, 0.3) is 0 Å². The molecule has 1 aromatic rings. The quantitative estimate of drug-likeness (QED) is 0.832. The monoisotopic (exact) mass is 264 g/mol. The maximum Gasteiger partial charge on any atom is 0.248 e. The summed E-state index contributed by atoms with van der Waals surface area (Å²) < 4.78 is 0. The average molecular weight is 264 g/mol. The number of nitrogens with one attached hydrogen (secondary N) is 1. The zero-order valence-corrected chi connectivity index (χ0v) is 10.7. The second-order valence-electron chi connectivity index (χ2n) is 4.83. The Kier molecular flexibility index (Phi) is 2.32. The van der Waals surface area contributed by atoms with Gasteiger partial charge in [0.1, 0.15) is 5.84 Å². The molecule has 0 atom stereocenters. The van der Waals surface area contributed by atoms with Crippen molar-refractivity contribution < 1.29 is 4.79 Å². The number of hydrogen-bond acceptors (Lipinski definition) is 4. The van der Waals surface area contributed by atoms with E-state index in [9.17, 15) is 4.79 Å². The van der Waals surface area contributed by atoms with Gasteiger partial charge in [-0.3, -0.25) is 9.78 Å². The molecule has 0 aromatic carbocycles. The molecule has 0 saturated heterocycles. The molecule has 0 spiro atoms. The lowest BCUT2D eigenvalue weighted by molar-refractivity contribution is -0.115. The Balaban J connectivity index is 1.85. The first-order valence-electron chi connectivity index (χ1n) is 6.51. The van der Waals surface area contributed by atoms with Gasteiger partial charge in [0.05, 0.1) is 5.70 Å². The van der Waals surface area contributed by atoms with Gasteiger partial charge in [-0.1, -0.05) is 0 Å². The van der Waals surface area contributed by atoms with Crippen LogP contribution in [-0.2, 0) is 4.79 Å². The zero-order chi connectivity index (χ0) is 13.5. The highest BCUT2D eigenvalue weighted by molar-refractivity contribution is 6.02. The number of pyridine rings is 1. The molecule has 0 radical (unpaired) electrons. The molecule has 20 heavy (non-hydrogen) atoms. The summed E-state index contributed by atoms with van der Waals surface area (Å²) in [4.78, 5) is 22.5. The molecule has 5 nitrogen and oxygen atoms in total. The summed E-state index contributed by atoms with van der Waals surface area (Å²) in [7, 11) is 0. The molecule has 0 saturated carbocycles. The van der Waals surface area contributed by atoms with Gasteiger partial charge < -0.3 is 10.2 Å². The predicted molar refractivity (Wildman–Crippen MR) is 74.5 cm³/mol. The van der Waals surface area contributed by atoms with E-state index in [0.717, 1.165) is 41.3 Å². The van der Waals surface area contributed by atoms with Gasteiger partial charge in [-0.15, -0.1) is 0 Å². The second kappa shape index (κ2) is 4.16. The van der Waals surface area contributed by atoms with Crippen molar-refractivity contribution in [2.24, 2.45) is 4.99 Å². The smallest absolute Gasteiger partial charge is 0.248 e. The summed E-state index contributed by atoms with van der Waals surface area (Å²) in [5.74, 6) is 0.809. The van der Waals surface area contributed by atoms with Gasteiger partial charge in [-0.25, -0.2) is 4.99 Å². The molecule has 5 heteroatoms. The van der Waals surface area contributed by atoms with Gasteiger partial charge in [0, 0.05) is 54.5 Å². The van der Waals surface area contributed by atoms with E-state index in [1.807, 2.05) is 24.4 Å². The normalized spacial score (nSPS) is 20.2. The van der Waals surface area contributed by atoms with Gasteiger partial charge in [-0.05, 0) is 18.2 Å². The molecule has 98 valence electrons. The summed E-state index contributed by atoms with van der Waals surface area (Å²) in [6, 6.07) is 3.89. The van der Waals surface area contributed by atoms with E-state index in [4.69, 9.17) is 0 Å². The fraction of sp³-hybridized carbons (Fsp3) is 0.133. The standard InChI is InChI=1S/C15H12N4O/c20-13-4-3-10-9-17-15(11-2-1-6-16-8-11)19-7-5-12(18-13)14(10)19/h1-4,6,8-9H,5,7H2,(H,18,20). The largest absolute Gasteiger partial charge is 0.324 e. The average Bonchev–Trinajstić information content (AvgIpc) is 2.82. The highest BCUT2D eigenvalue weighted by atomic mass is 16.1. The van der Waals surface area contributed by atoms with Crippen LogP contribution in [0.2, 0.25) is 0 Å². The number of rotatable bonds is 1. The Hall–Kier alpha value is -2.69. The number of nitrogens with zero attached hydrogens (tertiary/aromatic N) is 3. The fourth-order valence-corrected chi connectivity index (χ4v) is 2.75. The lowest BCUT2D eigenvalue weighted by atomic mass is 10.1. The Morgan fingerprint density at radius 1 is 1.30 bits per heavy atom. The highest BCUT2D eigenvalue weighted by Crippen LogP contribution is 2.33. The molecule has 0 fully saturated rings. The number of amides is 1. The fourth-order valence-electron chi connectivity index (χ4n) is 2.75. The van der Waals surface area contributed by atoms with Gasteiger partial charge in [0.2, 0.25) is 5.91 Å². The molecular weight excluding hydrogens is 252 g/mol. The zero-order valence-electron chi connectivity index (χ0n) is 10.7. The van der Waals surface area contributed by atoms with Crippen LogP contribution in [0.3, 0.4) is 0 Å². The van der Waals surface area contributed by atoms with E-state index < -0.39 is 0 Å². The highest BCUT2D eigenvalue weighted by Gasteiger charge is 2.32. The van der Waals surface area contributed by atoms with Crippen LogP contribution in [0.1, 0.15) is 12.0 Å². The minimum absolute atomic E-state index is 0.0763. The maximum absolute atomic E-state index is 11.6. The molecule has 0 bridgehead atoms. The molecular formula is C15H12N4O. The van der Waals surface area contributed by atoms with Crippen molar-refractivity contribution in [3.8, 4) is 0 Å². The number of aromatic nitrogens is 1. The van der Waals surface area contributed by atoms with Gasteiger partial charge in [0.15, 0.2) is 0 Å². The number of allylic oxidation sites excluding steroid dienone is 1. The number of carbonyl (C=O) groups is 1. The molecule has 1 aromatic heterocycles. The van der Waals surface area contributed by atoms with Gasteiger partial charge in [-0.2, -0.15) is 0 Å². The molecule has 0 aliphatic carbocycles. The van der Waals surface area contributed by atoms with Gasteiger partial charge >= 0.3 is 0 Å². The van der Waals surface area contributed by atoms with Crippen molar-refractivity contribution in [1.82, 2.24) is 15.2 Å². The first-order chi connectivity index (χ1) is 9.83. The number of amidine groups is 1.